The lowest BCUT2D eigenvalue weighted by Gasteiger charge is -2.08. The lowest BCUT2D eigenvalue weighted by Crippen LogP contribution is -2.11. The SMILES string of the molecule is C[C@@H](N)c1c(F)ccc(F)c1F. The Kier molecular flexibility index (Phi) is 2.38. The Morgan fingerprint density at radius 3 is 2.08 bits per heavy atom. The molecule has 0 spiro atoms. The summed E-state index contributed by atoms with van der Waals surface area (Å²) in [5, 5.41) is 0. The van der Waals surface area contributed by atoms with E-state index in [-0.39, 0.29) is 0 Å². The number of hydrogen-bond acceptors (Lipinski definition) is 1. The highest BCUT2D eigenvalue weighted by Crippen LogP contribution is 2.20. The van der Waals surface area contributed by atoms with Gasteiger partial charge in [0.05, 0.1) is 0 Å². The third-order valence-corrected chi connectivity index (χ3v) is 1.53. The number of hydrogen-bond donors (Lipinski definition) is 1. The van der Waals surface area contributed by atoms with Crippen LogP contribution in [0.15, 0.2) is 12.1 Å². The van der Waals surface area contributed by atoms with Crippen LogP contribution in [0.5, 0.6) is 0 Å². The minimum Gasteiger partial charge on any atom is -0.324 e. The van der Waals surface area contributed by atoms with Crippen LogP contribution in [0.25, 0.3) is 0 Å². The first-order valence-corrected chi connectivity index (χ1v) is 3.43. The van der Waals surface area contributed by atoms with Crippen LogP contribution in [0, 0.1) is 17.5 Å². The molecule has 0 amide bonds. The molecule has 1 atom stereocenters. The van der Waals surface area contributed by atoms with Gasteiger partial charge in [0.2, 0.25) is 0 Å². The van der Waals surface area contributed by atoms with Gasteiger partial charge in [-0.2, -0.15) is 0 Å². The molecule has 1 aromatic carbocycles. The van der Waals surface area contributed by atoms with Crippen molar-refractivity contribution in [1.82, 2.24) is 0 Å². The molecule has 4 heteroatoms. The van der Waals surface area contributed by atoms with Crippen LogP contribution in [0.2, 0.25) is 0 Å². The van der Waals surface area contributed by atoms with Crippen LogP contribution in [-0.4, -0.2) is 0 Å². The molecule has 0 saturated heterocycles. The van der Waals surface area contributed by atoms with Gasteiger partial charge in [0, 0.05) is 11.6 Å². The summed E-state index contributed by atoms with van der Waals surface area (Å²) in [6.07, 6.45) is 0. The first-order chi connectivity index (χ1) is 5.54. The molecule has 0 aliphatic heterocycles. The fraction of sp³-hybridized carbons (Fsp3) is 0.250. The lowest BCUT2D eigenvalue weighted by molar-refractivity contribution is 0.470. The van der Waals surface area contributed by atoms with Crippen molar-refractivity contribution in [2.24, 2.45) is 5.73 Å². The van der Waals surface area contributed by atoms with Crippen molar-refractivity contribution >= 4 is 0 Å². The van der Waals surface area contributed by atoms with Crippen LogP contribution in [0.3, 0.4) is 0 Å². The second-order valence-electron chi connectivity index (χ2n) is 2.55. The molecule has 12 heavy (non-hydrogen) atoms. The van der Waals surface area contributed by atoms with Gasteiger partial charge in [-0.1, -0.05) is 0 Å². The third-order valence-electron chi connectivity index (χ3n) is 1.53. The minimum atomic E-state index is -1.20. The van der Waals surface area contributed by atoms with Crippen molar-refractivity contribution in [3.05, 3.63) is 35.1 Å². The van der Waals surface area contributed by atoms with Crippen LogP contribution < -0.4 is 5.73 Å². The van der Waals surface area contributed by atoms with E-state index in [1.54, 1.807) is 0 Å². The Bertz CT molecular complexity index is 297. The summed E-state index contributed by atoms with van der Waals surface area (Å²) < 4.78 is 38.1. The third kappa shape index (κ3) is 1.43. The second-order valence-corrected chi connectivity index (χ2v) is 2.55. The van der Waals surface area contributed by atoms with Gasteiger partial charge in [0.1, 0.15) is 5.82 Å². The van der Waals surface area contributed by atoms with Gasteiger partial charge in [-0.3, -0.25) is 0 Å². The molecule has 0 unspecified atom stereocenters. The normalized spacial score (nSPS) is 13.1. The summed E-state index contributed by atoms with van der Waals surface area (Å²) in [5.41, 5.74) is 4.83. The zero-order valence-corrected chi connectivity index (χ0v) is 6.44. The molecule has 1 aromatic rings. The first kappa shape index (κ1) is 9.06. The van der Waals surface area contributed by atoms with E-state index in [2.05, 4.69) is 0 Å². The highest BCUT2D eigenvalue weighted by Gasteiger charge is 2.16. The fourth-order valence-electron chi connectivity index (χ4n) is 0.960. The molecule has 66 valence electrons. The van der Waals surface area contributed by atoms with Gasteiger partial charge in [-0.25, -0.2) is 13.2 Å². The summed E-state index contributed by atoms with van der Waals surface area (Å²) in [6.45, 7) is 1.39. The average Bonchev–Trinajstić information content (AvgIpc) is 1.97. The zero-order chi connectivity index (χ0) is 9.30. The number of rotatable bonds is 1. The van der Waals surface area contributed by atoms with Crippen molar-refractivity contribution in [2.75, 3.05) is 0 Å². The Balaban J connectivity index is 3.33. The lowest BCUT2D eigenvalue weighted by atomic mass is 10.1. The van der Waals surface area contributed by atoms with Crippen molar-refractivity contribution in [1.29, 1.82) is 0 Å². The Hall–Kier alpha value is -1.03. The van der Waals surface area contributed by atoms with Gasteiger partial charge in [-0.05, 0) is 19.1 Å². The van der Waals surface area contributed by atoms with Crippen LogP contribution in [-0.2, 0) is 0 Å². The molecule has 0 radical (unpaired) electrons. The van der Waals surface area contributed by atoms with Crippen LogP contribution in [0.1, 0.15) is 18.5 Å². The largest absolute Gasteiger partial charge is 0.324 e. The van der Waals surface area contributed by atoms with Crippen molar-refractivity contribution in [3.8, 4) is 0 Å². The zero-order valence-electron chi connectivity index (χ0n) is 6.44. The Labute approximate surface area is 68.0 Å². The van der Waals surface area contributed by atoms with E-state index in [1.807, 2.05) is 0 Å². The molecule has 0 aliphatic rings. The summed E-state index contributed by atoms with van der Waals surface area (Å²) in [4.78, 5) is 0. The van der Waals surface area contributed by atoms with Gasteiger partial charge in [0.15, 0.2) is 11.6 Å². The molecule has 0 heterocycles. The quantitative estimate of drug-likeness (QED) is 0.650. The van der Waals surface area contributed by atoms with Gasteiger partial charge in [-0.15, -0.1) is 0 Å². The fourth-order valence-corrected chi connectivity index (χ4v) is 0.960. The van der Waals surface area contributed by atoms with E-state index in [0.717, 1.165) is 12.1 Å². The molecule has 0 saturated carbocycles. The molecule has 2 N–H and O–H groups in total. The highest BCUT2D eigenvalue weighted by molar-refractivity contribution is 5.23. The summed E-state index contributed by atoms with van der Waals surface area (Å²) in [7, 11) is 0. The number of benzene rings is 1. The van der Waals surface area contributed by atoms with E-state index in [1.165, 1.54) is 6.92 Å². The summed E-state index contributed by atoms with van der Waals surface area (Å²) in [6, 6.07) is 0.744. The number of nitrogens with two attached hydrogens (primary N) is 1. The van der Waals surface area contributed by atoms with Crippen molar-refractivity contribution < 1.29 is 13.2 Å². The van der Waals surface area contributed by atoms with E-state index in [0.29, 0.717) is 0 Å². The molecule has 1 nitrogen and oxygen atoms in total. The molecule has 0 fully saturated rings. The van der Waals surface area contributed by atoms with Crippen LogP contribution >= 0.6 is 0 Å². The monoisotopic (exact) mass is 175 g/mol. The van der Waals surface area contributed by atoms with Crippen molar-refractivity contribution in [3.63, 3.8) is 0 Å². The predicted molar refractivity (Wildman–Crippen MR) is 38.9 cm³/mol. The Morgan fingerprint density at radius 2 is 1.67 bits per heavy atom. The van der Waals surface area contributed by atoms with E-state index >= 15 is 0 Å². The first-order valence-electron chi connectivity index (χ1n) is 3.43. The molecular formula is C8H8F3N. The van der Waals surface area contributed by atoms with E-state index in [9.17, 15) is 13.2 Å². The van der Waals surface area contributed by atoms with E-state index < -0.39 is 29.1 Å². The van der Waals surface area contributed by atoms with Gasteiger partial charge in [0.25, 0.3) is 0 Å². The van der Waals surface area contributed by atoms with Crippen LogP contribution in [0.4, 0.5) is 13.2 Å². The van der Waals surface area contributed by atoms with Crippen molar-refractivity contribution in [2.45, 2.75) is 13.0 Å². The highest BCUT2D eigenvalue weighted by atomic mass is 19.2. The average molecular weight is 175 g/mol. The standard InChI is InChI=1S/C8H8F3N/c1-4(12)7-5(9)2-3-6(10)8(7)11/h2-4H,12H2,1H3/t4-/m1/s1. The van der Waals surface area contributed by atoms with Gasteiger partial charge >= 0.3 is 0 Å². The van der Waals surface area contributed by atoms with E-state index in [4.69, 9.17) is 5.73 Å². The maximum Gasteiger partial charge on any atom is 0.166 e. The number of halogens is 3. The maximum atomic E-state index is 12.8. The summed E-state index contributed by atoms with van der Waals surface area (Å²) in [5.74, 6) is -3.10. The molecular weight excluding hydrogens is 167 g/mol. The predicted octanol–water partition coefficient (Wildman–Crippen LogP) is 2.12. The maximum absolute atomic E-state index is 12.8. The molecule has 0 aliphatic carbocycles. The minimum absolute atomic E-state index is 0.407. The topological polar surface area (TPSA) is 26.0 Å². The second kappa shape index (κ2) is 3.15. The molecule has 0 bridgehead atoms. The smallest absolute Gasteiger partial charge is 0.166 e. The Morgan fingerprint density at radius 1 is 1.17 bits per heavy atom. The van der Waals surface area contributed by atoms with Gasteiger partial charge < -0.3 is 5.73 Å². The molecule has 1 rings (SSSR count). The molecule has 0 aromatic heterocycles. The summed E-state index contributed by atoms with van der Waals surface area (Å²) >= 11 is 0.